The second kappa shape index (κ2) is 11.6. The van der Waals surface area contributed by atoms with Crippen LogP contribution >= 0.6 is 0 Å². The normalized spacial score (nSPS) is 18.7. The molecule has 172 valence electrons. The lowest BCUT2D eigenvalue weighted by Crippen LogP contribution is -2.41. The molecule has 1 heterocycles. The van der Waals surface area contributed by atoms with Crippen LogP contribution in [0.1, 0.15) is 47.6 Å². The van der Waals surface area contributed by atoms with Gasteiger partial charge in [0.1, 0.15) is 11.6 Å². The van der Waals surface area contributed by atoms with Gasteiger partial charge in [0.15, 0.2) is 0 Å². The van der Waals surface area contributed by atoms with E-state index in [9.17, 15) is 14.0 Å². The van der Waals surface area contributed by atoms with Gasteiger partial charge >= 0.3 is 0 Å². The number of amides is 2. The predicted molar refractivity (Wildman–Crippen MR) is 122 cm³/mol. The largest absolute Gasteiger partial charge is 0.497 e. The van der Waals surface area contributed by atoms with E-state index in [1.54, 1.807) is 7.11 Å². The summed E-state index contributed by atoms with van der Waals surface area (Å²) in [7, 11) is 3.79. The molecule has 0 aliphatic carbocycles. The molecule has 1 saturated heterocycles. The average Bonchev–Trinajstić information content (AvgIpc) is 2.81. The van der Waals surface area contributed by atoms with E-state index in [-0.39, 0.29) is 23.7 Å². The Morgan fingerprint density at radius 2 is 1.81 bits per heavy atom. The molecule has 1 aliphatic heterocycles. The first kappa shape index (κ1) is 23.7. The summed E-state index contributed by atoms with van der Waals surface area (Å²) in [6, 6.07) is 13.8. The van der Waals surface area contributed by atoms with Crippen LogP contribution < -0.4 is 15.4 Å². The van der Waals surface area contributed by atoms with Gasteiger partial charge in [0.25, 0.3) is 5.91 Å². The summed E-state index contributed by atoms with van der Waals surface area (Å²) in [6.07, 6.45) is 3.07. The lowest BCUT2D eigenvalue weighted by Gasteiger charge is -2.39. The number of hydrogen-bond acceptors (Lipinski definition) is 4. The molecule has 0 bridgehead atoms. The summed E-state index contributed by atoms with van der Waals surface area (Å²) in [5, 5.41) is 5.84. The number of rotatable bonds is 9. The van der Waals surface area contributed by atoms with Crippen molar-refractivity contribution in [2.45, 2.75) is 31.7 Å². The maximum Gasteiger partial charge on any atom is 0.251 e. The minimum Gasteiger partial charge on any atom is -0.497 e. The Labute approximate surface area is 189 Å². The fourth-order valence-corrected chi connectivity index (χ4v) is 4.29. The monoisotopic (exact) mass is 441 g/mol. The molecular weight excluding hydrogens is 409 g/mol. The standard InChI is InChI=1S/C25H32FN3O3/c1-29-16-4-5-20(24(29)18-9-13-22(32-2)14-10-18)17-28-23(30)6-3-15-27-25(31)19-7-11-21(26)12-8-19/h7-14,20,24H,3-6,15-17H2,1-2H3,(H,27,31)(H,28,30). The molecule has 0 saturated carbocycles. The molecule has 2 aromatic rings. The first-order valence-electron chi connectivity index (χ1n) is 11.1. The number of halogens is 1. The van der Waals surface area contributed by atoms with Crippen molar-refractivity contribution in [2.75, 3.05) is 33.8 Å². The van der Waals surface area contributed by atoms with Crippen molar-refractivity contribution in [3.8, 4) is 5.75 Å². The van der Waals surface area contributed by atoms with E-state index >= 15 is 0 Å². The van der Waals surface area contributed by atoms with Gasteiger partial charge < -0.3 is 15.4 Å². The molecular formula is C25H32FN3O3. The third kappa shape index (κ3) is 6.53. The summed E-state index contributed by atoms with van der Waals surface area (Å²) in [5.41, 5.74) is 1.64. The van der Waals surface area contributed by atoms with Crippen molar-refractivity contribution in [2.24, 2.45) is 5.92 Å². The van der Waals surface area contributed by atoms with Crippen molar-refractivity contribution in [3.05, 3.63) is 65.5 Å². The van der Waals surface area contributed by atoms with Crippen molar-refractivity contribution in [1.82, 2.24) is 15.5 Å². The summed E-state index contributed by atoms with van der Waals surface area (Å²) in [6.45, 7) is 2.06. The van der Waals surface area contributed by atoms with Gasteiger partial charge in [-0.3, -0.25) is 14.5 Å². The van der Waals surface area contributed by atoms with Crippen LogP contribution in [0.4, 0.5) is 4.39 Å². The van der Waals surface area contributed by atoms with Crippen LogP contribution in [0, 0.1) is 11.7 Å². The third-order valence-corrected chi connectivity index (χ3v) is 6.00. The first-order chi connectivity index (χ1) is 15.5. The summed E-state index contributed by atoms with van der Waals surface area (Å²) < 4.78 is 18.2. The van der Waals surface area contributed by atoms with Crippen molar-refractivity contribution in [1.29, 1.82) is 0 Å². The number of ether oxygens (including phenoxy) is 1. The number of carbonyl (C=O) groups excluding carboxylic acids is 2. The van der Waals surface area contributed by atoms with E-state index in [4.69, 9.17) is 4.74 Å². The van der Waals surface area contributed by atoms with Crippen molar-refractivity contribution < 1.29 is 18.7 Å². The van der Waals surface area contributed by atoms with Crippen LogP contribution in [-0.2, 0) is 4.79 Å². The van der Waals surface area contributed by atoms with Gasteiger partial charge in [-0.2, -0.15) is 0 Å². The van der Waals surface area contributed by atoms with Crippen LogP contribution in [0.3, 0.4) is 0 Å². The van der Waals surface area contributed by atoms with E-state index in [2.05, 4.69) is 34.7 Å². The Kier molecular flexibility index (Phi) is 8.62. The van der Waals surface area contributed by atoms with E-state index in [1.807, 2.05) is 12.1 Å². The van der Waals surface area contributed by atoms with Crippen LogP contribution in [0.25, 0.3) is 0 Å². The number of piperidine rings is 1. The van der Waals surface area contributed by atoms with E-state index < -0.39 is 0 Å². The lowest BCUT2D eigenvalue weighted by molar-refractivity contribution is -0.121. The zero-order chi connectivity index (χ0) is 22.9. The highest BCUT2D eigenvalue weighted by atomic mass is 19.1. The zero-order valence-electron chi connectivity index (χ0n) is 18.8. The van der Waals surface area contributed by atoms with Gasteiger partial charge in [-0.15, -0.1) is 0 Å². The number of methoxy groups -OCH3 is 1. The molecule has 0 aromatic heterocycles. The summed E-state index contributed by atoms with van der Waals surface area (Å²) in [4.78, 5) is 26.7. The highest BCUT2D eigenvalue weighted by Gasteiger charge is 2.30. The topological polar surface area (TPSA) is 70.7 Å². The second-order valence-corrected chi connectivity index (χ2v) is 8.27. The SMILES string of the molecule is COc1ccc(C2C(CNC(=O)CCCNC(=O)c3ccc(F)cc3)CCCN2C)cc1. The Hall–Kier alpha value is -2.93. The van der Waals surface area contributed by atoms with Crippen LogP contribution in [0.5, 0.6) is 5.75 Å². The molecule has 32 heavy (non-hydrogen) atoms. The number of carbonyl (C=O) groups is 2. The van der Waals surface area contributed by atoms with Gasteiger partial charge in [0, 0.05) is 31.1 Å². The molecule has 2 amide bonds. The van der Waals surface area contributed by atoms with E-state index in [0.29, 0.717) is 37.4 Å². The highest BCUT2D eigenvalue weighted by Crippen LogP contribution is 2.35. The molecule has 2 N–H and O–H groups in total. The Morgan fingerprint density at radius 1 is 1.09 bits per heavy atom. The quantitative estimate of drug-likeness (QED) is 0.584. The molecule has 1 aliphatic rings. The summed E-state index contributed by atoms with van der Waals surface area (Å²) in [5.74, 6) is 0.519. The van der Waals surface area contributed by atoms with Gasteiger partial charge in [0.05, 0.1) is 7.11 Å². The molecule has 2 unspecified atom stereocenters. The van der Waals surface area contributed by atoms with Gasteiger partial charge in [-0.25, -0.2) is 4.39 Å². The van der Waals surface area contributed by atoms with Gasteiger partial charge in [0.2, 0.25) is 5.91 Å². The van der Waals surface area contributed by atoms with Crippen LogP contribution in [0.2, 0.25) is 0 Å². The Morgan fingerprint density at radius 3 is 2.50 bits per heavy atom. The van der Waals surface area contributed by atoms with Crippen LogP contribution in [-0.4, -0.2) is 50.5 Å². The van der Waals surface area contributed by atoms with E-state index in [0.717, 1.165) is 25.1 Å². The minimum absolute atomic E-state index is 0.0114. The molecule has 3 rings (SSSR count). The summed E-state index contributed by atoms with van der Waals surface area (Å²) >= 11 is 0. The maximum atomic E-state index is 12.9. The molecule has 2 aromatic carbocycles. The number of hydrogen-bond donors (Lipinski definition) is 2. The molecule has 0 radical (unpaired) electrons. The van der Waals surface area contributed by atoms with Gasteiger partial charge in [-0.1, -0.05) is 12.1 Å². The van der Waals surface area contributed by atoms with Crippen molar-refractivity contribution >= 4 is 11.8 Å². The molecule has 2 atom stereocenters. The number of nitrogens with one attached hydrogen (secondary N) is 2. The predicted octanol–water partition coefficient (Wildman–Crippen LogP) is 3.54. The first-order valence-corrected chi connectivity index (χ1v) is 11.1. The molecule has 7 heteroatoms. The molecule has 0 spiro atoms. The fourth-order valence-electron chi connectivity index (χ4n) is 4.29. The third-order valence-electron chi connectivity index (χ3n) is 6.00. The lowest BCUT2D eigenvalue weighted by atomic mass is 9.85. The number of benzene rings is 2. The maximum absolute atomic E-state index is 12.9. The molecule has 1 fully saturated rings. The van der Waals surface area contributed by atoms with Crippen molar-refractivity contribution in [3.63, 3.8) is 0 Å². The van der Waals surface area contributed by atoms with E-state index in [1.165, 1.54) is 29.8 Å². The average molecular weight is 442 g/mol. The Bertz CT molecular complexity index is 886. The smallest absolute Gasteiger partial charge is 0.251 e. The number of likely N-dealkylation sites (tertiary alicyclic amines) is 1. The van der Waals surface area contributed by atoms with Crippen LogP contribution in [0.15, 0.2) is 48.5 Å². The zero-order valence-corrected chi connectivity index (χ0v) is 18.8. The number of nitrogens with zero attached hydrogens (tertiary/aromatic N) is 1. The fraction of sp³-hybridized carbons (Fsp3) is 0.440. The minimum atomic E-state index is -0.378. The second-order valence-electron chi connectivity index (χ2n) is 8.27. The Balaban J connectivity index is 1.43. The van der Waals surface area contributed by atoms with Gasteiger partial charge in [-0.05, 0) is 80.7 Å². The highest BCUT2D eigenvalue weighted by molar-refractivity contribution is 5.94. The molecule has 6 nitrogen and oxygen atoms in total.